The normalized spacial score (nSPS) is 16.1. The van der Waals surface area contributed by atoms with Gasteiger partial charge < -0.3 is 17.1 Å². The van der Waals surface area contributed by atoms with Crippen LogP contribution in [0.25, 0.3) is 0 Å². The highest BCUT2D eigenvalue weighted by molar-refractivity contribution is 6.81. The molecule has 0 aliphatic rings. The summed E-state index contributed by atoms with van der Waals surface area (Å²) in [5.74, 6) is -0.221. The van der Waals surface area contributed by atoms with Crippen molar-refractivity contribution in [3.63, 3.8) is 0 Å². The Balaban J connectivity index is 3.83. The number of rotatable bonds is 9. The van der Waals surface area contributed by atoms with Crippen molar-refractivity contribution >= 4 is 43.3 Å². The minimum Gasteiger partial charge on any atom is -0.466 e. The van der Waals surface area contributed by atoms with Gasteiger partial charge in [-0.25, -0.2) is 0 Å². The molecule has 0 aromatic carbocycles. The zero-order chi connectivity index (χ0) is 14.2. The first-order valence-electron chi connectivity index (χ1n) is 6.21. The van der Waals surface area contributed by atoms with Gasteiger partial charge in [0.1, 0.15) is 10.5 Å². The zero-order valence-electron chi connectivity index (χ0n) is 12.4. The largest absolute Gasteiger partial charge is 0.466 e. The maximum absolute atomic E-state index is 10.6. The second kappa shape index (κ2) is 8.40. The van der Waals surface area contributed by atoms with Crippen LogP contribution in [0.5, 0.6) is 0 Å². The first-order valence-corrected chi connectivity index (χ1v) is 14.2. The molecule has 0 fully saturated rings. The van der Waals surface area contributed by atoms with Gasteiger partial charge in [-0.2, -0.15) is 0 Å². The molecule has 108 valence electrons. The fourth-order valence-electron chi connectivity index (χ4n) is 1.36. The monoisotopic (exact) mass is 326 g/mol. The molecule has 0 N–H and O–H groups in total. The first-order chi connectivity index (χ1) is 8.18. The number of hydrogen-bond donors (Lipinski definition) is 0. The van der Waals surface area contributed by atoms with E-state index < -0.39 is 26.9 Å². The van der Waals surface area contributed by atoms with Crippen LogP contribution in [-0.4, -0.2) is 49.9 Å². The van der Waals surface area contributed by atoms with Crippen molar-refractivity contribution in [1.29, 1.82) is 0 Å². The number of ether oxygens (including phenoxy) is 1. The van der Waals surface area contributed by atoms with Crippen LogP contribution >= 0.6 is 0 Å². The summed E-state index contributed by atoms with van der Waals surface area (Å²) in [6.07, 6.45) is 0.865. The molecule has 1 unspecified atom stereocenters. The average molecular weight is 327 g/mol. The van der Waals surface area contributed by atoms with E-state index in [9.17, 15) is 4.79 Å². The quantitative estimate of drug-likeness (QED) is 0.344. The lowest BCUT2D eigenvalue weighted by molar-refractivity contribution is -0.140. The van der Waals surface area contributed by atoms with Gasteiger partial charge in [0.2, 0.25) is 0 Å². The van der Waals surface area contributed by atoms with Crippen LogP contribution in [0, 0.1) is 0 Å². The number of esters is 1. The fraction of sp³-hybridized carbons (Fsp3) is 0.889. The first kappa shape index (κ1) is 18.2. The molecule has 0 aromatic rings. The molecular formula is C9H26O5Si4. The van der Waals surface area contributed by atoms with Crippen LogP contribution in [0.15, 0.2) is 0 Å². The molecule has 1 atom stereocenters. The lowest BCUT2D eigenvalue weighted by atomic mass is 10.5. The third-order valence-corrected chi connectivity index (χ3v) is 12.7. The Kier molecular flexibility index (Phi) is 8.50. The highest BCUT2D eigenvalue weighted by Crippen LogP contribution is 2.15. The Hall–Kier alpha value is 0.218. The van der Waals surface area contributed by atoms with E-state index in [2.05, 4.69) is 19.6 Å². The summed E-state index contributed by atoms with van der Waals surface area (Å²) < 4.78 is 22.4. The van der Waals surface area contributed by atoms with Gasteiger partial charge in [-0.15, -0.1) is 0 Å². The molecule has 0 heterocycles. The smallest absolute Gasteiger partial charge is 0.465 e. The zero-order valence-corrected chi connectivity index (χ0v) is 17.8. The van der Waals surface area contributed by atoms with E-state index in [1.54, 1.807) is 0 Å². The molecule has 0 rings (SSSR count). The Morgan fingerprint density at radius 1 is 1.28 bits per heavy atom. The maximum Gasteiger partial charge on any atom is 0.465 e. The standard InChI is InChI=1S/C9H26O5Si4/c1-9(10)11-7-6-8-16-13-18(5,12-15)14-17(2,3)4/h6-8,16H2,1-5,15H3. The van der Waals surface area contributed by atoms with Gasteiger partial charge in [0.15, 0.2) is 18.1 Å². The minimum atomic E-state index is -2.36. The van der Waals surface area contributed by atoms with Crippen LogP contribution in [0.3, 0.4) is 0 Å². The van der Waals surface area contributed by atoms with Crippen LogP contribution < -0.4 is 0 Å². The third kappa shape index (κ3) is 10.2. The average Bonchev–Trinajstić information content (AvgIpc) is 2.20. The highest BCUT2D eigenvalue weighted by Gasteiger charge is 2.37. The van der Waals surface area contributed by atoms with E-state index in [-0.39, 0.29) is 5.97 Å². The lowest BCUT2D eigenvalue weighted by Gasteiger charge is -2.32. The summed E-state index contributed by atoms with van der Waals surface area (Å²) in [7, 11) is -3.99. The van der Waals surface area contributed by atoms with Crippen molar-refractivity contribution in [3.05, 3.63) is 0 Å². The molecule has 0 saturated heterocycles. The van der Waals surface area contributed by atoms with Gasteiger partial charge in [0, 0.05) is 13.5 Å². The van der Waals surface area contributed by atoms with Gasteiger partial charge in [-0.05, 0) is 32.1 Å². The van der Waals surface area contributed by atoms with Crippen molar-refractivity contribution in [2.24, 2.45) is 0 Å². The van der Waals surface area contributed by atoms with E-state index in [1.807, 2.05) is 6.55 Å². The van der Waals surface area contributed by atoms with Gasteiger partial charge in [-0.3, -0.25) is 4.79 Å². The van der Waals surface area contributed by atoms with E-state index in [0.717, 1.165) is 12.5 Å². The molecule has 0 aromatic heterocycles. The third-order valence-electron chi connectivity index (χ3n) is 2.07. The van der Waals surface area contributed by atoms with Crippen molar-refractivity contribution in [3.8, 4) is 0 Å². The number of carbonyl (C=O) groups excluding carboxylic acids is 1. The summed E-state index contributed by atoms with van der Waals surface area (Å²) in [5.41, 5.74) is 0. The maximum atomic E-state index is 10.6. The van der Waals surface area contributed by atoms with Crippen molar-refractivity contribution in [2.45, 2.75) is 45.6 Å². The Morgan fingerprint density at radius 3 is 2.33 bits per heavy atom. The predicted octanol–water partition coefficient (Wildman–Crippen LogP) is 0.175. The molecular weight excluding hydrogens is 300 g/mol. The fourth-order valence-corrected chi connectivity index (χ4v) is 11.7. The molecule has 5 nitrogen and oxygen atoms in total. The summed E-state index contributed by atoms with van der Waals surface area (Å²) in [4.78, 5) is 10.6. The van der Waals surface area contributed by atoms with Gasteiger partial charge in [0.05, 0.1) is 6.61 Å². The van der Waals surface area contributed by atoms with Crippen molar-refractivity contribution in [1.82, 2.24) is 0 Å². The van der Waals surface area contributed by atoms with Crippen LogP contribution in [-0.2, 0) is 21.9 Å². The van der Waals surface area contributed by atoms with Gasteiger partial charge in [0.25, 0.3) is 0 Å². The summed E-state index contributed by atoms with van der Waals surface area (Å²) >= 11 is 0. The predicted molar refractivity (Wildman–Crippen MR) is 82.8 cm³/mol. The van der Waals surface area contributed by atoms with Crippen LogP contribution in [0.4, 0.5) is 0 Å². The second-order valence-electron chi connectivity index (χ2n) is 5.18. The molecule has 0 saturated carbocycles. The number of hydrogen-bond acceptors (Lipinski definition) is 5. The van der Waals surface area contributed by atoms with Crippen molar-refractivity contribution in [2.75, 3.05) is 6.61 Å². The van der Waals surface area contributed by atoms with Gasteiger partial charge >= 0.3 is 14.8 Å². The molecule has 0 bridgehead atoms. The Bertz CT molecular complexity index is 258. The molecule has 0 radical (unpaired) electrons. The topological polar surface area (TPSA) is 54.0 Å². The minimum absolute atomic E-state index is 0.221. The van der Waals surface area contributed by atoms with E-state index in [1.165, 1.54) is 6.92 Å². The SMILES string of the molecule is CC(=O)OCCC[SiH2]O[Si](C)(O[SiH3])O[Si](C)(C)C. The summed E-state index contributed by atoms with van der Waals surface area (Å²) in [6, 6.07) is 0.982. The number of carbonyl (C=O) groups is 1. The molecule has 0 spiro atoms. The van der Waals surface area contributed by atoms with Crippen LogP contribution in [0.2, 0.25) is 32.2 Å². The molecule has 0 amide bonds. The second-order valence-corrected chi connectivity index (χ2v) is 15.8. The molecule has 0 aliphatic heterocycles. The van der Waals surface area contributed by atoms with E-state index in [0.29, 0.717) is 17.1 Å². The highest BCUT2D eigenvalue weighted by atomic mass is 28.5. The molecule has 18 heavy (non-hydrogen) atoms. The Labute approximate surface area is 118 Å². The molecule has 9 heteroatoms. The Morgan fingerprint density at radius 2 is 1.89 bits per heavy atom. The van der Waals surface area contributed by atoms with E-state index in [4.69, 9.17) is 17.1 Å². The van der Waals surface area contributed by atoms with E-state index >= 15 is 0 Å². The summed E-state index contributed by atoms with van der Waals surface area (Å²) in [6.45, 7) is 10.3. The molecule has 0 aliphatic carbocycles. The summed E-state index contributed by atoms with van der Waals surface area (Å²) in [5, 5.41) is 0. The van der Waals surface area contributed by atoms with Crippen LogP contribution in [0.1, 0.15) is 13.3 Å². The lowest BCUT2D eigenvalue weighted by Crippen LogP contribution is -2.50. The van der Waals surface area contributed by atoms with Gasteiger partial charge in [-0.1, -0.05) is 0 Å². The van der Waals surface area contributed by atoms with Crippen molar-refractivity contribution < 1.29 is 21.9 Å².